The normalized spacial score (nSPS) is 10.8. The lowest BCUT2D eigenvalue weighted by Gasteiger charge is -2.08. The van der Waals surface area contributed by atoms with Gasteiger partial charge in [0.05, 0.1) is 16.4 Å². The maximum absolute atomic E-state index is 5.98. The number of benzene rings is 1. The summed E-state index contributed by atoms with van der Waals surface area (Å²) in [6.07, 6.45) is 1.54. The molecular weight excluding hydrogens is 313 g/mol. The van der Waals surface area contributed by atoms with Gasteiger partial charge in [-0.3, -0.25) is 0 Å². The molecule has 1 aromatic carbocycles. The Morgan fingerprint density at radius 1 is 1.24 bits per heavy atom. The van der Waals surface area contributed by atoms with Gasteiger partial charge in [-0.05, 0) is 19.1 Å². The van der Waals surface area contributed by atoms with Crippen molar-refractivity contribution in [3.63, 3.8) is 0 Å². The smallest absolute Gasteiger partial charge is 0.250 e. The highest BCUT2D eigenvalue weighted by molar-refractivity contribution is 6.42. The van der Waals surface area contributed by atoms with Gasteiger partial charge in [-0.15, -0.1) is 0 Å². The average molecular weight is 324 g/mol. The van der Waals surface area contributed by atoms with Crippen molar-refractivity contribution in [1.82, 2.24) is 19.9 Å². The number of hydrogen-bond donors (Lipinski definition) is 2. The van der Waals surface area contributed by atoms with E-state index in [0.717, 1.165) is 0 Å². The standard InChI is InChI=1S/C13H11Cl2N5O/c1-2-16-13-19-11-10(17-6-18-11)12(20-13)21-7-3-4-8(14)9(15)5-7/h3-6H,2H2,1H3,(H2,16,17,18,19,20). The molecule has 21 heavy (non-hydrogen) atoms. The molecule has 2 aromatic heterocycles. The van der Waals surface area contributed by atoms with E-state index in [1.807, 2.05) is 6.92 Å². The molecule has 0 aliphatic carbocycles. The fourth-order valence-corrected chi connectivity index (χ4v) is 2.06. The predicted molar refractivity (Wildman–Crippen MR) is 82.4 cm³/mol. The third kappa shape index (κ3) is 2.86. The fraction of sp³-hybridized carbons (Fsp3) is 0.154. The van der Waals surface area contributed by atoms with Crippen LogP contribution in [0.5, 0.6) is 11.6 Å². The van der Waals surface area contributed by atoms with Crippen LogP contribution in [-0.2, 0) is 0 Å². The molecule has 2 N–H and O–H groups in total. The van der Waals surface area contributed by atoms with E-state index >= 15 is 0 Å². The van der Waals surface area contributed by atoms with Crippen LogP contribution in [0.1, 0.15) is 6.92 Å². The number of halogens is 2. The Morgan fingerprint density at radius 3 is 2.86 bits per heavy atom. The van der Waals surface area contributed by atoms with Gasteiger partial charge in [-0.25, -0.2) is 4.98 Å². The Kier molecular flexibility index (Phi) is 3.81. The molecule has 2 heterocycles. The highest BCUT2D eigenvalue weighted by atomic mass is 35.5. The van der Waals surface area contributed by atoms with Gasteiger partial charge < -0.3 is 15.0 Å². The Hall–Kier alpha value is -2.05. The van der Waals surface area contributed by atoms with Gasteiger partial charge in [0.15, 0.2) is 5.65 Å². The summed E-state index contributed by atoms with van der Waals surface area (Å²) in [4.78, 5) is 15.7. The lowest BCUT2D eigenvalue weighted by atomic mass is 10.3. The average Bonchev–Trinajstić information content (AvgIpc) is 2.92. The van der Waals surface area contributed by atoms with Crippen LogP contribution >= 0.6 is 23.2 Å². The number of ether oxygens (including phenoxy) is 1. The first-order valence-electron chi connectivity index (χ1n) is 6.25. The largest absolute Gasteiger partial charge is 0.437 e. The Bertz CT molecular complexity index is 789. The summed E-state index contributed by atoms with van der Waals surface area (Å²) in [5.74, 6) is 1.35. The van der Waals surface area contributed by atoms with Crippen LogP contribution in [0, 0.1) is 0 Å². The highest BCUT2D eigenvalue weighted by Gasteiger charge is 2.12. The first-order chi connectivity index (χ1) is 10.2. The minimum Gasteiger partial charge on any atom is -0.437 e. The molecule has 0 bridgehead atoms. The number of anilines is 1. The van der Waals surface area contributed by atoms with Crippen molar-refractivity contribution in [2.75, 3.05) is 11.9 Å². The van der Waals surface area contributed by atoms with E-state index in [2.05, 4.69) is 25.3 Å². The number of fused-ring (bicyclic) bond motifs is 1. The number of rotatable bonds is 4. The lowest BCUT2D eigenvalue weighted by molar-refractivity contribution is 0.468. The highest BCUT2D eigenvalue weighted by Crippen LogP contribution is 2.31. The van der Waals surface area contributed by atoms with E-state index in [-0.39, 0.29) is 0 Å². The number of hydrogen-bond acceptors (Lipinski definition) is 5. The molecule has 0 fully saturated rings. The second kappa shape index (κ2) is 5.75. The van der Waals surface area contributed by atoms with Gasteiger partial charge in [-0.1, -0.05) is 23.2 Å². The van der Waals surface area contributed by atoms with Crippen LogP contribution < -0.4 is 10.1 Å². The van der Waals surface area contributed by atoms with Crippen molar-refractivity contribution in [3.8, 4) is 11.6 Å². The van der Waals surface area contributed by atoms with Crippen molar-refractivity contribution in [1.29, 1.82) is 0 Å². The van der Waals surface area contributed by atoms with Crippen molar-refractivity contribution in [2.24, 2.45) is 0 Å². The zero-order valence-electron chi connectivity index (χ0n) is 11.0. The van der Waals surface area contributed by atoms with Crippen molar-refractivity contribution < 1.29 is 4.74 Å². The van der Waals surface area contributed by atoms with E-state index < -0.39 is 0 Å². The van der Waals surface area contributed by atoms with Gasteiger partial charge in [0.1, 0.15) is 11.3 Å². The molecule has 0 aliphatic rings. The third-order valence-corrected chi connectivity index (χ3v) is 3.43. The Morgan fingerprint density at radius 2 is 2.10 bits per heavy atom. The van der Waals surface area contributed by atoms with Gasteiger partial charge in [0.25, 0.3) is 5.88 Å². The predicted octanol–water partition coefficient (Wildman–Crippen LogP) is 3.88. The second-order valence-corrected chi connectivity index (χ2v) is 4.98. The minimum absolute atomic E-state index is 0.367. The number of H-pyrrole nitrogens is 1. The van der Waals surface area contributed by atoms with Crippen LogP contribution in [0.15, 0.2) is 24.5 Å². The quantitative estimate of drug-likeness (QED) is 0.761. The molecule has 108 valence electrons. The number of nitrogens with zero attached hydrogens (tertiary/aromatic N) is 3. The molecule has 0 spiro atoms. The molecule has 3 rings (SSSR count). The summed E-state index contributed by atoms with van der Waals surface area (Å²) in [5.41, 5.74) is 1.14. The Labute approximate surface area is 130 Å². The van der Waals surface area contributed by atoms with Gasteiger partial charge in [0, 0.05) is 12.6 Å². The molecular formula is C13H11Cl2N5O. The molecule has 0 saturated carbocycles. The van der Waals surface area contributed by atoms with Crippen LogP contribution in [0.25, 0.3) is 11.2 Å². The number of nitrogens with one attached hydrogen (secondary N) is 2. The SMILES string of the molecule is CCNc1nc(Oc2ccc(Cl)c(Cl)c2)c2[nH]cnc2n1. The zero-order chi connectivity index (χ0) is 14.8. The van der Waals surface area contributed by atoms with E-state index in [9.17, 15) is 0 Å². The summed E-state index contributed by atoms with van der Waals surface area (Å²) in [6, 6.07) is 5.00. The van der Waals surface area contributed by atoms with Gasteiger partial charge >= 0.3 is 0 Å². The second-order valence-electron chi connectivity index (χ2n) is 4.16. The first-order valence-corrected chi connectivity index (χ1v) is 7.01. The van der Waals surface area contributed by atoms with E-state index in [4.69, 9.17) is 27.9 Å². The van der Waals surface area contributed by atoms with E-state index in [1.54, 1.807) is 18.2 Å². The molecule has 6 nitrogen and oxygen atoms in total. The summed E-state index contributed by atoms with van der Waals surface area (Å²) < 4.78 is 5.77. The third-order valence-electron chi connectivity index (χ3n) is 2.69. The van der Waals surface area contributed by atoms with Crippen LogP contribution in [0.4, 0.5) is 5.95 Å². The molecule has 0 unspecified atom stereocenters. The van der Waals surface area contributed by atoms with Crippen molar-refractivity contribution >= 4 is 40.3 Å². The van der Waals surface area contributed by atoms with Crippen LogP contribution in [0.3, 0.4) is 0 Å². The van der Waals surface area contributed by atoms with Crippen molar-refractivity contribution in [3.05, 3.63) is 34.6 Å². The minimum atomic E-state index is 0.367. The fourth-order valence-electron chi connectivity index (χ4n) is 1.77. The molecule has 0 atom stereocenters. The molecule has 3 aromatic rings. The van der Waals surface area contributed by atoms with E-state index in [1.165, 1.54) is 6.33 Å². The zero-order valence-corrected chi connectivity index (χ0v) is 12.5. The van der Waals surface area contributed by atoms with Crippen LogP contribution in [0.2, 0.25) is 10.0 Å². The van der Waals surface area contributed by atoms with Gasteiger partial charge in [0.2, 0.25) is 5.95 Å². The van der Waals surface area contributed by atoms with E-state index in [0.29, 0.717) is 45.3 Å². The molecule has 0 amide bonds. The number of aromatic nitrogens is 4. The maximum Gasteiger partial charge on any atom is 0.250 e. The molecule has 0 aliphatic heterocycles. The number of aromatic amines is 1. The molecule has 8 heteroatoms. The monoisotopic (exact) mass is 323 g/mol. The summed E-state index contributed by atoms with van der Waals surface area (Å²) in [6.45, 7) is 2.65. The summed E-state index contributed by atoms with van der Waals surface area (Å²) >= 11 is 11.9. The van der Waals surface area contributed by atoms with Crippen LogP contribution in [-0.4, -0.2) is 26.5 Å². The molecule has 0 saturated heterocycles. The number of imidazole rings is 1. The maximum atomic E-state index is 5.98. The van der Waals surface area contributed by atoms with Gasteiger partial charge in [-0.2, -0.15) is 9.97 Å². The Balaban J connectivity index is 2.01. The summed E-state index contributed by atoms with van der Waals surface area (Å²) in [5, 5.41) is 3.91. The summed E-state index contributed by atoms with van der Waals surface area (Å²) in [7, 11) is 0. The molecule has 0 radical (unpaired) electrons. The topological polar surface area (TPSA) is 75.7 Å². The lowest BCUT2D eigenvalue weighted by Crippen LogP contribution is -2.03. The first kappa shape index (κ1) is 13.9. The van der Waals surface area contributed by atoms with Crippen molar-refractivity contribution in [2.45, 2.75) is 6.92 Å².